The van der Waals surface area contributed by atoms with Crippen molar-refractivity contribution in [2.24, 2.45) is 0 Å². The van der Waals surface area contributed by atoms with Crippen LogP contribution >= 0.6 is 11.6 Å². The molecule has 0 aliphatic carbocycles. The van der Waals surface area contributed by atoms with Gasteiger partial charge in [0.05, 0.1) is 5.02 Å². The summed E-state index contributed by atoms with van der Waals surface area (Å²) in [6.07, 6.45) is 10.2. The Bertz CT molecular complexity index is 418. The maximum atomic E-state index is 6.25. The van der Waals surface area contributed by atoms with Gasteiger partial charge >= 0.3 is 0 Å². The monoisotopic (exact) mass is 279 g/mol. The van der Waals surface area contributed by atoms with Gasteiger partial charge < -0.3 is 5.32 Å². The van der Waals surface area contributed by atoms with E-state index in [0.29, 0.717) is 12.1 Å². The molecule has 2 aliphatic rings. The fraction of sp³-hybridized carbons (Fsp3) is 0.667. The van der Waals surface area contributed by atoms with Crippen molar-refractivity contribution >= 4 is 11.6 Å². The van der Waals surface area contributed by atoms with Gasteiger partial charge in [0, 0.05) is 31.0 Å². The molecule has 3 heterocycles. The molecule has 0 amide bonds. The van der Waals surface area contributed by atoms with Crippen molar-refractivity contribution < 1.29 is 0 Å². The van der Waals surface area contributed by atoms with E-state index in [1.807, 2.05) is 6.20 Å². The fourth-order valence-electron chi connectivity index (χ4n) is 3.46. The predicted octanol–water partition coefficient (Wildman–Crippen LogP) is 2.84. The van der Waals surface area contributed by atoms with Gasteiger partial charge in [-0.2, -0.15) is 0 Å². The van der Waals surface area contributed by atoms with Gasteiger partial charge in [-0.3, -0.25) is 9.88 Å². The number of halogens is 1. The summed E-state index contributed by atoms with van der Waals surface area (Å²) in [4.78, 5) is 6.69. The van der Waals surface area contributed by atoms with Crippen LogP contribution in [0.1, 0.15) is 37.7 Å². The van der Waals surface area contributed by atoms with Crippen molar-refractivity contribution in [2.45, 2.75) is 50.7 Å². The molecular formula is C15H22ClN3. The molecular weight excluding hydrogens is 258 g/mol. The molecule has 2 atom stereocenters. The Morgan fingerprint density at radius 3 is 3.05 bits per heavy atom. The molecule has 4 heteroatoms. The minimum atomic E-state index is 0.681. The van der Waals surface area contributed by atoms with Crippen LogP contribution in [0.2, 0.25) is 5.02 Å². The number of rotatable bonds is 3. The van der Waals surface area contributed by atoms with Crippen LogP contribution in [0, 0.1) is 0 Å². The van der Waals surface area contributed by atoms with Crippen LogP contribution in [-0.4, -0.2) is 35.1 Å². The minimum Gasteiger partial charge on any atom is -0.312 e. The largest absolute Gasteiger partial charge is 0.312 e. The highest BCUT2D eigenvalue weighted by Crippen LogP contribution is 2.27. The lowest BCUT2D eigenvalue weighted by Gasteiger charge is -2.39. The molecule has 2 unspecified atom stereocenters. The molecule has 2 saturated heterocycles. The van der Waals surface area contributed by atoms with Gasteiger partial charge in [-0.15, -0.1) is 0 Å². The standard InChI is InChI=1S/C15H22ClN3/c16-13-10-17-8-6-12(13)11-19-9-2-1-5-15(19)14-4-3-7-18-14/h6,8,10,14-15,18H,1-5,7,9,11H2. The molecule has 1 aromatic heterocycles. The summed E-state index contributed by atoms with van der Waals surface area (Å²) in [7, 11) is 0. The Morgan fingerprint density at radius 2 is 2.26 bits per heavy atom. The van der Waals surface area contributed by atoms with E-state index < -0.39 is 0 Å². The second kappa shape index (κ2) is 6.21. The Morgan fingerprint density at radius 1 is 1.32 bits per heavy atom. The van der Waals surface area contributed by atoms with E-state index in [1.165, 1.54) is 50.8 Å². The van der Waals surface area contributed by atoms with Gasteiger partial charge in [0.25, 0.3) is 0 Å². The maximum absolute atomic E-state index is 6.25. The summed E-state index contributed by atoms with van der Waals surface area (Å²) in [5.41, 5.74) is 1.21. The quantitative estimate of drug-likeness (QED) is 0.922. The first-order valence-corrected chi connectivity index (χ1v) is 7.78. The van der Waals surface area contributed by atoms with E-state index in [2.05, 4.69) is 21.3 Å². The second-order valence-electron chi connectivity index (χ2n) is 5.70. The van der Waals surface area contributed by atoms with Gasteiger partial charge in [0.1, 0.15) is 0 Å². The van der Waals surface area contributed by atoms with Crippen molar-refractivity contribution in [3.8, 4) is 0 Å². The zero-order valence-electron chi connectivity index (χ0n) is 11.3. The summed E-state index contributed by atoms with van der Waals surface area (Å²) in [5.74, 6) is 0. The molecule has 3 rings (SSSR count). The van der Waals surface area contributed by atoms with Crippen LogP contribution in [0.15, 0.2) is 18.5 Å². The summed E-state index contributed by atoms with van der Waals surface area (Å²) < 4.78 is 0. The van der Waals surface area contributed by atoms with Crippen molar-refractivity contribution in [3.05, 3.63) is 29.0 Å². The number of likely N-dealkylation sites (tertiary alicyclic amines) is 1. The highest BCUT2D eigenvalue weighted by atomic mass is 35.5. The van der Waals surface area contributed by atoms with Crippen LogP contribution in [0.4, 0.5) is 0 Å². The average Bonchev–Trinajstić information content (AvgIpc) is 2.96. The summed E-state index contributed by atoms with van der Waals surface area (Å²) >= 11 is 6.25. The van der Waals surface area contributed by atoms with E-state index in [0.717, 1.165) is 11.6 Å². The molecule has 0 radical (unpaired) electrons. The molecule has 0 aromatic carbocycles. The zero-order valence-corrected chi connectivity index (χ0v) is 12.1. The lowest BCUT2D eigenvalue weighted by Crippen LogP contribution is -2.49. The Balaban J connectivity index is 1.71. The van der Waals surface area contributed by atoms with E-state index in [1.54, 1.807) is 6.20 Å². The van der Waals surface area contributed by atoms with Gasteiger partial charge in [0.15, 0.2) is 0 Å². The van der Waals surface area contributed by atoms with Crippen molar-refractivity contribution in [1.82, 2.24) is 15.2 Å². The average molecular weight is 280 g/mol. The van der Waals surface area contributed by atoms with Crippen LogP contribution in [-0.2, 0) is 6.54 Å². The number of nitrogens with one attached hydrogen (secondary N) is 1. The summed E-state index contributed by atoms with van der Waals surface area (Å²) in [6, 6.07) is 3.41. The van der Waals surface area contributed by atoms with E-state index in [4.69, 9.17) is 11.6 Å². The van der Waals surface area contributed by atoms with Crippen LogP contribution in [0.25, 0.3) is 0 Å². The molecule has 1 N–H and O–H groups in total. The van der Waals surface area contributed by atoms with E-state index >= 15 is 0 Å². The Labute approximate surface area is 120 Å². The fourth-order valence-corrected chi connectivity index (χ4v) is 3.64. The van der Waals surface area contributed by atoms with E-state index in [-0.39, 0.29) is 0 Å². The highest BCUT2D eigenvalue weighted by Gasteiger charge is 2.31. The predicted molar refractivity (Wildman–Crippen MR) is 78.3 cm³/mol. The van der Waals surface area contributed by atoms with Crippen LogP contribution in [0.5, 0.6) is 0 Å². The van der Waals surface area contributed by atoms with Crippen LogP contribution in [0.3, 0.4) is 0 Å². The highest BCUT2D eigenvalue weighted by molar-refractivity contribution is 6.31. The second-order valence-corrected chi connectivity index (χ2v) is 6.11. The van der Waals surface area contributed by atoms with Gasteiger partial charge in [-0.25, -0.2) is 0 Å². The van der Waals surface area contributed by atoms with Crippen molar-refractivity contribution in [3.63, 3.8) is 0 Å². The van der Waals surface area contributed by atoms with Crippen LogP contribution < -0.4 is 5.32 Å². The van der Waals surface area contributed by atoms with Gasteiger partial charge in [0.2, 0.25) is 0 Å². The first kappa shape index (κ1) is 13.3. The number of hydrogen-bond acceptors (Lipinski definition) is 3. The lowest BCUT2D eigenvalue weighted by atomic mass is 9.94. The normalized spacial score (nSPS) is 28.7. The van der Waals surface area contributed by atoms with Gasteiger partial charge in [-0.05, 0) is 50.4 Å². The number of piperidine rings is 1. The third-order valence-corrected chi connectivity index (χ3v) is 4.80. The third kappa shape index (κ3) is 3.10. The topological polar surface area (TPSA) is 28.2 Å². The molecule has 2 fully saturated rings. The van der Waals surface area contributed by atoms with Crippen molar-refractivity contribution in [2.75, 3.05) is 13.1 Å². The molecule has 1 aromatic rings. The molecule has 3 nitrogen and oxygen atoms in total. The molecule has 2 aliphatic heterocycles. The van der Waals surface area contributed by atoms with E-state index in [9.17, 15) is 0 Å². The Hall–Kier alpha value is -0.640. The van der Waals surface area contributed by atoms with Gasteiger partial charge in [-0.1, -0.05) is 18.0 Å². The smallest absolute Gasteiger partial charge is 0.0634 e. The first-order valence-electron chi connectivity index (χ1n) is 7.40. The number of hydrogen-bond donors (Lipinski definition) is 1. The molecule has 0 saturated carbocycles. The molecule has 104 valence electrons. The molecule has 19 heavy (non-hydrogen) atoms. The third-order valence-electron chi connectivity index (χ3n) is 4.46. The minimum absolute atomic E-state index is 0.681. The number of aromatic nitrogens is 1. The zero-order chi connectivity index (χ0) is 13.1. The van der Waals surface area contributed by atoms with Crippen molar-refractivity contribution in [1.29, 1.82) is 0 Å². The molecule has 0 bridgehead atoms. The lowest BCUT2D eigenvalue weighted by molar-refractivity contribution is 0.112. The number of pyridine rings is 1. The number of nitrogens with zero attached hydrogens (tertiary/aromatic N) is 2. The Kier molecular flexibility index (Phi) is 4.36. The molecule has 0 spiro atoms. The summed E-state index contributed by atoms with van der Waals surface area (Å²) in [6.45, 7) is 3.34. The first-order chi connectivity index (χ1) is 9.34. The SMILES string of the molecule is Clc1cnccc1CN1CCCCC1C1CCCN1. The maximum Gasteiger partial charge on any atom is 0.0634 e. The summed E-state index contributed by atoms with van der Waals surface area (Å²) in [5, 5.41) is 4.47.